The molecule has 2 N–H and O–H groups in total. The van der Waals surface area contributed by atoms with Crippen LogP contribution < -0.4 is 29.6 Å². The van der Waals surface area contributed by atoms with Crippen LogP contribution in [0.25, 0.3) is 6.08 Å². The van der Waals surface area contributed by atoms with Gasteiger partial charge in [-0.05, 0) is 55.0 Å². The fourth-order valence-electron chi connectivity index (χ4n) is 3.92. The number of ether oxygens (including phenoxy) is 4. The van der Waals surface area contributed by atoms with E-state index in [4.69, 9.17) is 18.9 Å². The van der Waals surface area contributed by atoms with Crippen LogP contribution in [0, 0.1) is 0 Å². The highest BCUT2D eigenvalue weighted by Crippen LogP contribution is 2.34. The lowest BCUT2D eigenvalue weighted by Gasteiger charge is -2.22. The van der Waals surface area contributed by atoms with Crippen LogP contribution in [0.15, 0.2) is 66.4 Å². The van der Waals surface area contributed by atoms with E-state index in [1.54, 1.807) is 37.5 Å². The number of carbonyl (C=O) groups excluding carboxylic acids is 2. The first-order chi connectivity index (χ1) is 17.0. The molecule has 0 aliphatic carbocycles. The molecule has 0 bridgehead atoms. The molecular weight excluding hydrogens is 448 g/mol. The third-order valence-corrected chi connectivity index (χ3v) is 5.77. The van der Waals surface area contributed by atoms with Gasteiger partial charge in [0.05, 0.1) is 18.8 Å². The molecule has 8 nitrogen and oxygen atoms in total. The Balaban J connectivity index is 1.31. The van der Waals surface area contributed by atoms with Crippen LogP contribution in [0.5, 0.6) is 23.0 Å². The third-order valence-electron chi connectivity index (χ3n) is 5.77. The van der Waals surface area contributed by atoms with E-state index >= 15 is 0 Å². The van der Waals surface area contributed by atoms with Crippen molar-refractivity contribution in [3.63, 3.8) is 0 Å². The fourth-order valence-corrected chi connectivity index (χ4v) is 3.92. The summed E-state index contributed by atoms with van der Waals surface area (Å²) in [6.45, 7) is 2.91. The van der Waals surface area contributed by atoms with Crippen LogP contribution >= 0.6 is 0 Å². The molecule has 1 atom stereocenters. The molecule has 0 fully saturated rings. The molecule has 178 valence electrons. The van der Waals surface area contributed by atoms with Gasteiger partial charge in [0.1, 0.15) is 19.0 Å². The van der Waals surface area contributed by atoms with Crippen LogP contribution in [0.3, 0.4) is 0 Å². The van der Waals surface area contributed by atoms with Gasteiger partial charge in [-0.25, -0.2) is 0 Å². The summed E-state index contributed by atoms with van der Waals surface area (Å²) in [5.74, 6) is 1.88. The lowest BCUT2D eigenvalue weighted by atomic mass is 10.1. The Labute approximate surface area is 202 Å². The number of hydrogen-bond donors (Lipinski definition) is 2. The standard InChI is InChI=1S/C27H24N2O6/c1-16(17-7-10-23-24(14-17)34-12-11-33-23)28-26(30)19-8-9-22-20(13-19)29-27(31)25(35-22)15-18-5-3-4-6-21(18)32-2/h3-10,13-16H,11-12H2,1-2H3,(H,28,30)(H,29,31). The maximum Gasteiger partial charge on any atom is 0.291 e. The maximum atomic E-state index is 12.9. The molecule has 3 aromatic carbocycles. The summed E-state index contributed by atoms with van der Waals surface area (Å²) in [4.78, 5) is 25.6. The van der Waals surface area contributed by atoms with Crippen LogP contribution in [0.2, 0.25) is 0 Å². The van der Waals surface area contributed by atoms with Crippen molar-refractivity contribution in [2.45, 2.75) is 13.0 Å². The number of fused-ring (bicyclic) bond motifs is 2. The van der Waals surface area contributed by atoms with Crippen molar-refractivity contribution in [2.75, 3.05) is 25.6 Å². The first-order valence-corrected chi connectivity index (χ1v) is 11.2. The summed E-state index contributed by atoms with van der Waals surface area (Å²) in [5.41, 5.74) is 2.43. The second-order valence-electron chi connectivity index (χ2n) is 8.12. The SMILES string of the molecule is COc1ccccc1C=C1Oc2ccc(C(=O)NC(C)c3ccc4c(c3)OCCO4)cc2NC1=O. The van der Waals surface area contributed by atoms with E-state index in [1.165, 1.54) is 0 Å². The quantitative estimate of drug-likeness (QED) is 0.537. The number of benzene rings is 3. The zero-order chi connectivity index (χ0) is 24.4. The van der Waals surface area contributed by atoms with Crippen molar-refractivity contribution >= 4 is 23.6 Å². The second-order valence-corrected chi connectivity index (χ2v) is 8.12. The van der Waals surface area contributed by atoms with Gasteiger partial charge < -0.3 is 29.6 Å². The molecule has 0 spiro atoms. The maximum absolute atomic E-state index is 12.9. The average Bonchev–Trinajstić information content (AvgIpc) is 2.88. The number of nitrogens with one attached hydrogen (secondary N) is 2. The lowest BCUT2D eigenvalue weighted by Crippen LogP contribution is -2.28. The molecule has 0 saturated heterocycles. The van der Waals surface area contributed by atoms with Gasteiger partial charge in [0, 0.05) is 11.1 Å². The molecule has 2 heterocycles. The molecule has 0 saturated carbocycles. The summed E-state index contributed by atoms with van der Waals surface area (Å²) in [7, 11) is 1.57. The highest BCUT2D eigenvalue weighted by Gasteiger charge is 2.24. The van der Waals surface area contributed by atoms with Crippen molar-refractivity contribution in [3.05, 3.63) is 83.1 Å². The van der Waals surface area contributed by atoms with Crippen LogP contribution in [-0.4, -0.2) is 32.1 Å². The minimum absolute atomic E-state index is 0.131. The molecule has 8 heteroatoms. The Morgan fingerprint density at radius 2 is 1.80 bits per heavy atom. The molecule has 1 unspecified atom stereocenters. The van der Waals surface area contributed by atoms with E-state index in [1.807, 2.05) is 43.3 Å². The van der Waals surface area contributed by atoms with E-state index in [0.717, 1.165) is 5.56 Å². The highest BCUT2D eigenvalue weighted by molar-refractivity contribution is 6.09. The van der Waals surface area contributed by atoms with Crippen molar-refractivity contribution in [2.24, 2.45) is 0 Å². The van der Waals surface area contributed by atoms with Gasteiger partial charge in [-0.2, -0.15) is 0 Å². The minimum Gasteiger partial charge on any atom is -0.496 e. The van der Waals surface area contributed by atoms with E-state index in [2.05, 4.69) is 10.6 Å². The number of hydrogen-bond acceptors (Lipinski definition) is 6. The average molecular weight is 472 g/mol. The number of amides is 2. The van der Waals surface area contributed by atoms with Crippen molar-refractivity contribution in [1.82, 2.24) is 5.32 Å². The predicted octanol–water partition coefficient (Wildman–Crippen LogP) is 4.33. The van der Waals surface area contributed by atoms with E-state index < -0.39 is 5.91 Å². The van der Waals surface area contributed by atoms with E-state index in [0.29, 0.717) is 53.0 Å². The van der Waals surface area contributed by atoms with E-state index in [9.17, 15) is 9.59 Å². The normalized spacial score (nSPS) is 15.9. The van der Waals surface area contributed by atoms with Crippen molar-refractivity contribution < 1.29 is 28.5 Å². The van der Waals surface area contributed by atoms with Crippen molar-refractivity contribution in [3.8, 4) is 23.0 Å². The molecule has 2 aliphatic rings. The first-order valence-electron chi connectivity index (χ1n) is 11.2. The number of rotatable bonds is 5. The summed E-state index contributed by atoms with van der Waals surface area (Å²) >= 11 is 0. The van der Waals surface area contributed by atoms with Gasteiger partial charge in [-0.1, -0.05) is 24.3 Å². The number of para-hydroxylation sites is 1. The molecule has 0 aromatic heterocycles. The summed E-state index contributed by atoms with van der Waals surface area (Å²) < 4.78 is 22.3. The molecule has 3 aromatic rings. The predicted molar refractivity (Wildman–Crippen MR) is 130 cm³/mol. The Hall–Kier alpha value is -4.46. The summed E-state index contributed by atoms with van der Waals surface area (Å²) in [6.07, 6.45) is 1.62. The topological polar surface area (TPSA) is 95.1 Å². The van der Waals surface area contributed by atoms with Gasteiger partial charge in [0.15, 0.2) is 23.0 Å². The summed E-state index contributed by atoms with van der Waals surface area (Å²) in [5, 5.41) is 5.78. The monoisotopic (exact) mass is 472 g/mol. The van der Waals surface area contributed by atoms with E-state index in [-0.39, 0.29) is 17.7 Å². The minimum atomic E-state index is -0.411. The molecule has 5 rings (SSSR count). The Kier molecular flexibility index (Phi) is 6.01. The third kappa shape index (κ3) is 4.63. The largest absolute Gasteiger partial charge is 0.496 e. The first kappa shape index (κ1) is 22.3. The second kappa shape index (κ2) is 9.42. The Morgan fingerprint density at radius 1 is 1.03 bits per heavy atom. The fraction of sp³-hybridized carbons (Fsp3) is 0.185. The number of carbonyl (C=O) groups is 2. The Bertz CT molecular complexity index is 1330. The van der Waals surface area contributed by atoms with Gasteiger partial charge in [-0.15, -0.1) is 0 Å². The number of methoxy groups -OCH3 is 1. The zero-order valence-corrected chi connectivity index (χ0v) is 19.3. The Morgan fingerprint density at radius 3 is 2.63 bits per heavy atom. The summed E-state index contributed by atoms with van der Waals surface area (Å²) in [6, 6.07) is 17.6. The van der Waals surface area contributed by atoms with Gasteiger partial charge in [0.2, 0.25) is 0 Å². The van der Waals surface area contributed by atoms with Crippen molar-refractivity contribution in [1.29, 1.82) is 0 Å². The van der Waals surface area contributed by atoms with Crippen LogP contribution in [0.1, 0.15) is 34.5 Å². The molecule has 2 amide bonds. The lowest BCUT2D eigenvalue weighted by molar-refractivity contribution is -0.115. The molecule has 35 heavy (non-hydrogen) atoms. The van der Waals surface area contributed by atoms with Crippen LogP contribution in [0.4, 0.5) is 5.69 Å². The zero-order valence-electron chi connectivity index (χ0n) is 19.3. The van der Waals surface area contributed by atoms with Gasteiger partial charge >= 0.3 is 0 Å². The molecule has 0 radical (unpaired) electrons. The molecular formula is C27H24N2O6. The van der Waals surface area contributed by atoms with Gasteiger partial charge in [-0.3, -0.25) is 9.59 Å². The molecule has 2 aliphatic heterocycles. The smallest absolute Gasteiger partial charge is 0.291 e. The number of anilines is 1. The van der Waals surface area contributed by atoms with Gasteiger partial charge in [0.25, 0.3) is 11.8 Å². The van der Waals surface area contributed by atoms with Crippen LogP contribution in [-0.2, 0) is 4.79 Å². The highest BCUT2D eigenvalue weighted by atomic mass is 16.6.